The third-order valence-electron chi connectivity index (χ3n) is 1.72. The van der Waals surface area contributed by atoms with E-state index in [1.54, 1.807) is 0 Å². The zero-order valence-corrected chi connectivity index (χ0v) is 9.22. The van der Waals surface area contributed by atoms with Gasteiger partial charge in [-0.1, -0.05) is 0 Å². The topological polar surface area (TPSA) is 104 Å². The van der Waals surface area contributed by atoms with Gasteiger partial charge in [0.05, 0.1) is 6.61 Å². The summed E-state index contributed by atoms with van der Waals surface area (Å²) in [5.74, 6) is 0. The Balaban J connectivity index is 0. The molecule has 7 heteroatoms. The van der Waals surface area contributed by atoms with Crippen molar-refractivity contribution in [2.75, 3.05) is 19.3 Å². The average molecular weight is 234 g/mol. The number of aliphatic hydroxyl groups excluding tert-OH is 1. The van der Waals surface area contributed by atoms with Gasteiger partial charge in [0.15, 0.2) is 5.34 Å². The maximum absolute atomic E-state index is 11.3. The van der Waals surface area contributed by atoms with E-state index >= 15 is 0 Å². The van der Waals surface area contributed by atoms with Crippen molar-refractivity contribution < 1.29 is 19.7 Å². The number of halogens is 1. The van der Waals surface area contributed by atoms with Gasteiger partial charge in [0, 0.05) is 6.16 Å². The van der Waals surface area contributed by atoms with Gasteiger partial charge >= 0.3 is 0 Å². The highest BCUT2D eigenvalue weighted by Crippen LogP contribution is 2.52. The van der Waals surface area contributed by atoms with Crippen molar-refractivity contribution in [1.82, 2.24) is 0 Å². The maximum Gasteiger partial charge on any atom is 0.233 e. The lowest BCUT2D eigenvalue weighted by molar-refractivity contribution is 0.0599. The van der Waals surface area contributed by atoms with E-state index in [4.69, 9.17) is 10.8 Å². The Hall–Kier alpha value is 0.360. The van der Waals surface area contributed by atoms with E-state index < -0.39 is 19.3 Å². The van der Waals surface area contributed by atoms with Crippen LogP contribution in [-0.2, 0) is 4.57 Å². The first-order valence-electron chi connectivity index (χ1n) is 3.72. The van der Waals surface area contributed by atoms with E-state index in [0.717, 1.165) is 6.92 Å². The van der Waals surface area contributed by atoms with Gasteiger partial charge in [-0.15, -0.1) is 12.4 Å². The first-order valence-corrected chi connectivity index (χ1v) is 5.57. The summed E-state index contributed by atoms with van der Waals surface area (Å²) in [4.78, 5) is 9.26. The zero-order chi connectivity index (χ0) is 9.83. The van der Waals surface area contributed by atoms with Crippen LogP contribution in [0.1, 0.15) is 13.3 Å². The van der Waals surface area contributed by atoms with Gasteiger partial charge in [-0.25, -0.2) is 0 Å². The molecule has 0 aliphatic carbocycles. The highest BCUT2D eigenvalue weighted by molar-refractivity contribution is 7.59. The molecule has 5 nitrogen and oxygen atoms in total. The zero-order valence-electron chi connectivity index (χ0n) is 7.51. The number of aliphatic hydroxyl groups is 2. The SMILES string of the molecule is CC(O)(CO)P(=O)(O)CCCN.Cl. The second-order valence-corrected chi connectivity index (χ2v) is 5.76. The van der Waals surface area contributed by atoms with Gasteiger partial charge in [0.1, 0.15) is 0 Å². The van der Waals surface area contributed by atoms with E-state index in [9.17, 15) is 14.6 Å². The molecular weight excluding hydrogens is 216 g/mol. The van der Waals surface area contributed by atoms with Crippen LogP contribution in [0.4, 0.5) is 0 Å². The van der Waals surface area contributed by atoms with Gasteiger partial charge in [0.2, 0.25) is 7.37 Å². The van der Waals surface area contributed by atoms with Crippen LogP contribution in [0, 0.1) is 0 Å². The van der Waals surface area contributed by atoms with Crippen molar-refractivity contribution in [3.8, 4) is 0 Å². The molecule has 2 atom stereocenters. The Morgan fingerprint density at radius 3 is 2.31 bits per heavy atom. The minimum atomic E-state index is -3.69. The molecule has 82 valence electrons. The molecule has 5 N–H and O–H groups in total. The fraction of sp³-hybridized carbons (Fsp3) is 1.00. The molecule has 0 rings (SSSR count). The van der Waals surface area contributed by atoms with Crippen LogP contribution < -0.4 is 5.73 Å². The van der Waals surface area contributed by atoms with Crippen molar-refractivity contribution in [2.24, 2.45) is 5.73 Å². The summed E-state index contributed by atoms with van der Waals surface area (Å²) >= 11 is 0. The fourth-order valence-corrected chi connectivity index (χ4v) is 1.97. The Labute approximate surface area is 83.8 Å². The van der Waals surface area contributed by atoms with Crippen molar-refractivity contribution >= 4 is 19.8 Å². The monoisotopic (exact) mass is 233 g/mol. The van der Waals surface area contributed by atoms with Crippen LogP contribution in [0.15, 0.2) is 0 Å². The minimum Gasteiger partial charge on any atom is -0.393 e. The quantitative estimate of drug-likeness (QED) is 0.490. The van der Waals surface area contributed by atoms with Crippen LogP contribution in [-0.4, -0.2) is 39.8 Å². The molecule has 2 unspecified atom stereocenters. The van der Waals surface area contributed by atoms with E-state index in [1.807, 2.05) is 0 Å². The molecule has 0 heterocycles. The normalized spacial score (nSPS) is 19.8. The molecule has 0 amide bonds. The van der Waals surface area contributed by atoms with Crippen LogP contribution >= 0.6 is 19.8 Å². The molecule has 0 bridgehead atoms. The molecule has 0 aromatic carbocycles. The van der Waals surface area contributed by atoms with Crippen LogP contribution in [0.3, 0.4) is 0 Å². The molecule has 0 aliphatic rings. The molecule has 0 aromatic rings. The van der Waals surface area contributed by atoms with Crippen molar-refractivity contribution in [1.29, 1.82) is 0 Å². The lowest BCUT2D eigenvalue weighted by atomic mass is 10.4. The number of nitrogens with two attached hydrogens (primary N) is 1. The first kappa shape index (κ1) is 15.8. The second kappa shape index (κ2) is 5.96. The van der Waals surface area contributed by atoms with Crippen LogP contribution in [0.5, 0.6) is 0 Å². The van der Waals surface area contributed by atoms with E-state index in [1.165, 1.54) is 0 Å². The molecular formula is C6H17ClNO4P. The largest absolute Gasteiger partial charge is 0.393 e. The lowest BCUT2D eigenvalue weighted by Crippen LogP contribution is -2.30. The Bertz CT molecular complexity index is 187. The van der Waals surface area contributed by atoms with Gasteiger partial charge in [-0.05, 0) is 19.9 Å². The van der Waals surface area contributed by atoms with E-state index in [2.05, 4.69) is 0 Å². The van der Waals surface area contributed by atoms with Gasteiger partial charge < -0.3 is 20.8 Å². The third-order valence-corrected chi connectivity index (χ3v) is 4.29. The van der Waals surface area contributed by atoms with Crippen LogP contribution in [0.25, 0.3) is 0 Å². The average Bonchev–Trinajstić information content (AvgIpc) is 2.00. The number of hydrogen-bond donors (Lipinski definition) is 4. The summed E-state index contributed by atoms with van der Waals surface area (Å²) in [5, 5.41) is 16.0. The first-order chi connectivity index (χ1) is 5.37. The molecule has 0 aliphatic heterocycles. The van der Waals surface area contributed by atoms with Gasteiger partial charge in [-0.2, -0.15) is 0 Å². The summed E-state index contributed by atoms with van der Waals surface area (Å²) in [6.45, 7) is 0.724. The maximum atomic E-state index is 11.3. The summed E-state index contributed by atoms with van der Waals surface area (Å²) in [6, 6.07) is 0. The standard InChI is InChI=1S/C6H16NO4P.ClH/c1-6(9,5-8)12(10,11)4-2-3-7;/h8-9H,2-5,7H2,1H3,(H,10,11);1H. The van der Waals surface area contributed by atoms with E-state index in [-0.39, 0.29) is 18.6 Å². The minimum absolute atomic E-state index is 0. The van der Waals surface area contributed by atoms with Gasteiger partial charge in [-0.3, -0.25) is 4.57 Å². The van der Waals surface area contributed by atoms with Crippen molar-refractivity contribution in [2.45, 2.75) is 18.7 Å². The predicted molar refractivity (Wildman–Crippen MR) is 53.3 cm³/mol. The molecule has 0 spiro atoms. The molecule has 0 saturated carbocycles. The van der Waals surface area contributed by atoms with E-state index in [0.29, 0.717) is 13.0 Å². The Morgan fingerprint density at radius 2 is 2.00 bits per heavy atom. The lowest BCUT2D eigenvalue weighted by Gasteiger charge is -2.26. The Morgan fingerprint density at radius 1 is 1.54 bits per heavy atom. The molecule has 0 aromatic heterocycles. The number of hydrogen-bond acceptors (Lipinski definition) is 4. The molecule has 0 fully saturated rings. The summed E-state index contributed by atoms with van der Waals surface area (Å²) in [6.07, 6.45) is 0.307. The summed E-state index contributed by atoms with van der Waals surface area (Å²) in [5.41, 5.74) is 5.14. The highest BCUT2D eigenvalue weighted by Gasteiger charge is 2.39. The summed E-state index contributed by atoms with van der Waals surface area (Å²) < 4.78 is 11.3. The molecule has 13 heavy (non-hydrogen) atoms. The molecule has 0 radical (unpaired) electrons. The Kier molecular flexibility index (Phi) is 7.25. The second-order valence-electron chi connectivity index (χ2n) is 2.94. The summed E-state index contributed by atoms with van der Waals surface area (Å²) in [7, 11) is -3.69. The van der Waals surface area contributed by atoms with Crippen LogP contribution in [0.2, 0.25) is 0 Å². The third kappa shape index (κ3) is 4.40. The van der Waals surface area contributed by atoms with Gasteiger partial charge in [0.25, 0.3) is 0 Å². The fourth-order valence-electron chi connectivity index (χ4n) is 0.657. The van der Waals surface area contributed by atoms with Crippen molar-refractivity contribution in [3.63, 3.8) is 0 Å². The predicted octanol–water partition coefficient (Wildman–Crippen LogP) is -0.272. The number of rotatable bonds is 5. The highest BCUT2D eigenvalue weighted by atomic mass is 35.5. The molecule has 0 saturated heterocycles. The smallest absolute Gasteiger partial charge is 0.233 e. The van der Waals surface area contributed by atoms with Crippen molar-refractivity contribution in [3.05, 3.63) is 0 Å².